The lowest BCUT2D eigenvalue weighted by Crippen LogP contribution is -2.22. The first kappa shape index (κ1) is 15.7. The van der Waals surface area contributed by atoms with E-state index in [2.05, 4.69) is 9.71 Å². The van der Waals surface area contributed by atoms with Crippen LogP contribution in [0, 0.1) is 6.92 Å². The molecule has 0 radical (unpaired) electrons. The number of aromatic carboxylic acids is 1. The van der Waals surface area contributed by atoms with Crippen molar-refractivity contribution >= 4 is 27.3 Å². The molecular weight excluding hydrogens is 314 g/mol. The zero-order valence-corrected chi connectivity index (χ0v) is 13.2. The molecule has 0 spiro atoms. The first-order valence-electron chi connectivity index (χ1n) is 6.18. The van der Waals surface area contributed by atoms with Crippen molar-refractivity contribution in [2.75, 3.05) is 0 Å². The number of aromatic nitrogens is 2. The van der Waals surface area contributed by atoms with E-state index in [1.54, 1.807) is 13.1 Å². The Hall–Kier alpha value is -1.71. The summed E-state index contributed by atoms with van der Waals surface area (Å²) in [5.41, 5.74) is -0.0528. The van der Waals surface area contributed by atoms with E-state index in [4.69, 9.17) is 5.11 Å². The number of nitrogens with one attached hydrogen (secondary N) is 1. The van der Waals surface area contributed by atoms with E-state index in [9.17, 15) is 13.2 Å². The fourth-order valence-electron chi connectivity index (χ4n) is 1.79. The van der Waals surface area contributed by atoms with E-state index in [0.717, 1.165) is 10.9 Å². The minimum absolute atomic E-state index is 0.0528. The van der Waals surface area contributed by atoms with Crippen LogP contribution in [0.2, 0.25) is 0 Å². The van der Waals surface area contributed by atoms with Crippen molar-refractivity contribution in [1.29, 1.82) is 0 Å². The molecule has 0 unspecified atom stereocenters. The highest BCUT2D eigenvalue weighted by atomic mass is 32.2. The number of carboxylic acid groups (broad SMARTS) is 1. The Labute approximate surface area is 126 Å². The van der Waals surface area contributed by atoms with Gasteiger partial charge in [-0.2, -0.15) is 0 Å². The number of nitrogens with zero attached hydrogens (tertiary/aromatic N) is 2. The van der Waals surface area contributed by atoms with Crippen molar-refractivity contribution < 1.29 is 18.3 Å². The summed E-state index contributed by atoms with van der Waals surface area (Å²) in [5, 5.41) is 9.70. The lowest BCUT2D eigenvalue weighted by atomic mass is 10.4. The van der Waals surface area contributed by atoms with Gasteiger partial charge >= 0.3 is 5.97 Å². The van der Waals surface area contributed by atoms with Crippen molar-refractivity contribution in [1.82, 2.24) is 14.3 Å². The van der Waals surface area contributed by atoms with E-state index in [0.29, 0.717) is 11.6 Å². The zero-order valence-electron chi connectivity index (χ0n) is 11.5. The largest absolute Gasteiger partial charge is 0.477 e. The Morgan fingerprint density at radius 2 is 2.24 bits per heavy atom. The molecule has 2 aromatic rings. The maximum absolute atomic E-state index is 12.2. The minimum atomic E-state index is -3.76. The maximum Gasteiger partial charge on any atom is 0.352 e. The van der Waals surface area contributed by atoms with Crippen molar-refractivity contribution in [3.05, 3.63) is 34.0 Å². The Bertz CT molecular complexity index is 761. The molecule has 0 aliphatic carbocycles. The average molecular weight is 329 g/mol. The van der Waals surface area contributed by atoms with Gasteiger partial charge in [0.15, 0.2) is 0 Å². The smallest absolute Gasteiger partial charge is 0.352 e. The van der Waals surface area contributed by atoms with E-state index in [-0.39, 0.29) is 17.1 Å². The number of hydrogen-bond acceptors (Lipinski definition) is 5. The van der Waals surface area contributed by atoms with Gasteiger partial charge < -0.3 is 9.67 Å². The Balaban J connectivity index is 2.21. The molecule has 0 amide bonds. The molecule has 0 aliphatic heterocycles. The second-order valence-corrected chi connectivity index (χ2v) is 7.43. The summed E-state index contributed by atoms with van der Waals surface area (Å²) in [5.74, 6) is -1.16. The molecule has 2 aromatic heterocycles. The monoisotopic (exact) mass is 329 g/mol. The molecule has 2 rings (SSSR count). The summed E-state index contributed by atoms with van der Waals surface area (Å²) < 4.78 is 28.2. The predicted octanol–water partition coefficient (Wildman–Crippen LogP) is 1.45. The van der Waals surface area contributed by atoms with Gasteiger partial charge in [-0.25, -0.2) is 22.9 Å². The highest BCUT2D eigenvalue weighted by molar-refractivity contribution is 7.89. The number of aryl methyl sites for hydroxylation is 2. The van der Waals surface area contributed by atoms with E-state index in [1.165, 1.54) is 22.1 Å². The summed E-state index contributed by atoms with van der Waals surface area (Å²) in [6.45, 7) is 4.09. The number of sulfonamides is 1. The second kappa shape index (κ2) is 5.96. The molecule has 7 nitrogen and oxygen atoms in total. The average Bonchev–Trinajstić information content (AvgIpc) is 3.02. The van der Waals surface area contributed by atoms with Crippen LogP contribution in [0.25, 0.3) is 0 Å². The van der Waals surface area contributed by atoms with Crippen molar-refractivity contribution in [2.24, 2.45) is 0 Å². The SMILES string of the molecule is CCn1cc(S(=O)(=O)NCc2ncc(C)s2)cc1C(=O)O. The Kier molecular flexibility index (Phi) is 4.45. The van der Waals surface area contributed by atoms with E-state index < -0.39 is 16.0 Å². The molecule has 0 saturated carbocycles. The molecule has 114 valence electrons. The third kappa shape index (κ3) is 3.49. The van der Waals surface area contributed by atoms with Crippen LogP contribution in [0.1, 0.15) is 27.3 Å². The lowest BCUT2D eigenvalue weighted by molar-refractivity contribution is 0.0685. The topological polar surface area (TPSA) is 101 Å². The van der Waals surface area contributed by atoms with E-state index in [1.807, 2.05) is 6.92 Å². The third-order valence-corrected chi connectivity index (χ3v) is 5.11. The van der Waals surface area contributed by atoms with Gasteiger partial charge in [0, 0.05) is 23.8 Å². The quantitative estimate of drug-likeness (QED) is 0.835. The fraction of sp³-hybridized carbons (Fsp3) is 0.333. The van der Waals surface area contributed by atoms with Gasteiger partial charge in [0.1, 0.15) is 15.6 Å². The van der Waals surface area contributed by atoms with Gasteiger partial charge in [0.2, 0.25) is 10.0 Å². The number of rotatable bonds is 6. The molecule has 0 atom stereocenters. The highest BCUT2D eigenvalue weighted by Gasteiger charge is 2.21. The Morgan fingerprint density at radius 1 is 1.52 bits per heavy atom. The van der Waals surface area contributed by atoms with Gasteiger partial charge in [0.05, 0.1) is 6.54 Å². The molecule has 0 saturated heterocycles. The first-order chi connectivity index (χ1) is 9.83. The number of carboxylic acids is 1. The van der Waals surface area contributed by atoms with Gasteiger partial charge in [0.25, 0.3) is 0 Å². The molecule has 0 bridgehead atoms. The molecular formula is C12H15N3O4S2. The minimum Gasteiger partial charge on any atom is -0.477 e. The predicted molar refractivity (Wildman–Crippen MR) is 77.9 cm³/mol. The van der Waals surface area contributed by atoms with Crippen molar-refractivity contribution in [2.45, 2.75) is 31.8 Å². The van der Waals surface area contributed by atoms with Gasteiger partial charge in [-0.05, 0) is 19.9 Å². The van der Waals surface area contributed by atoms with Crippen molar-refractivity contribution in [3.63, 3.8) is 0 Å². The number of hydrogen-bond donors (Lipinski definition) is 2. The first-order valence-corrected chi connectivity index (χ1v) is 8.48. The molecule has 0 fully saturated rings. The Morgan fingerprint density at radius 3 is 2.71 bits per heavy atom. The third-order valence-electron chi connectivity index (χ3n) is 2.82. The molecule has 2 N–H and O–H groups in total. The highest BCUT2D eigenvalue weighted by Crippen LogP contribution is 2.16. The molecule has 21 heavy (non-hydrogen) atoms. The zero-order chi connectivity index (χ0) is 15.6. The lowest BCUT2D eigenvalue weighted by Gasteiger charge is -2.02. The maximum atomic E-state index is 12.2. The van der Waals surface area contributed by atoms with Crippen LogP contribution in [0.5, 0.6) is 0 Å². The second-order valence-electron chi connectivity index (χ2n) is 4.34. The van der Waals surface area contributed by atoms with Crippen LogP contribution in [-0.4, -0.2) is 29.0 Å². The number of thiazole rings is 1. The molecule has 0 aromatic carbocycles. The van der Waals surface area contributed by atoms with Crippen LogP contribution in [-0.2, 0) is 23.1 Å². The van der Waals surface area contributed by atoms with Crippen LogP contribution >= 0.6 is 11.3 Å². The molecule has 2 heterocycles. The molecule has 9 heteroatoms. The van der Waals surface area contributed by atoms with Gasteiger partial charge in [-0.1, -0.05) is 0 Å². The summed E-state index contributed by atoms with van der Waals surface area (Å²) in [4.78, 5) is 16.1. The normalized spacial score (nSPS) is 11.7. The summed E-state index contributed by atoms with van der Waals surface area (Å²) in [6, 6.07) is 1.15. The number of carbonyl (C=O) groups is 1. The van der Waals surface area contributed by atoms with Crippen LogP contribution in [0.4, 0.5) is 0 Å². The van der Waals surface area contributed by atoms with Crippen LogP contribution < -0.4 is 4.72 Å². The molecule has 0 aliphatic rings. The van der Waals surface area contributed by atoms with Gasteiger partial charge in [-0.3, -0.25) is 0 Å². The summed E-state index contributed by atoms with van der Waals surface area (Å²) >= 11 is 1.40. The van der Waals surface area contributed by atoms with Crippen LogP contribution in [0.15, 0.2) is 23.4 Å². The van der Waals surface area contributed by atoms with Crippen molar-refractivity contribution in [3.8, 4) is 0 Å². The summed E-state index contributed by atoms with van der Waals surface area (Å²) in [7, 11) is -3.76. The van der Waals surface area contributed by atoms with Gasteiger partial charge in [-0.15, -0.1) is 11.3 Å². The standard InChI is InChI=1S/C12H15N3O4S2/c1-3-15-7-9(4-10(15)12(16)17)21(18,19)14-6-11-13-5-8(2)20-11/h4-5,7,14H,3,6H2,1-2H3,(H,16,17). The fourth-order valence-corrected chi connectivity index (χ4v) is 3.64. The van der Waals surface area contributed by atoms with Crippen LogP contribution in [0.3, 0.4) is 0 Å². The van der Waals surface area contributed by atoms with E-state index >= 15 is 0 Å². The summed E-state index contributed by atoms with van der Waals surface area (Å²) in [6.07, 6.45) is 2.99.